The number of amides is 1. The Hall–Kier alpha value is -2.17. The van der Waals surface area contributed by atoms with Crippen molar-refractivity contribution in [1.82, 2.24) is 9.55 Å². The molecule has 1 aromatic carbocycles. The Bertz CT molecular complexity index is 881. The number of benzene rings is 1. The van der Waals surface area contributed by atoms with E-state index in [9.17, 15) is 14.3 Å². The summed E-state index contributed by atoms with van der Waals surface area (Å²) in [6.07, 6.45) is 2.78. The first-order chi connectivity index (χ1) is 12.4. The highest BCUT2D eigenvalue weighted by atomic mass is 35.5. The fourth-order valence-electron chi connectivity index (χ4n) is 3.03. The molecule has 26 heavy (non-hydrogen) atoms. The summed E-state index contributed by atoms with van der Waals surface area (Å²) < 4.78 is 14.9. The number of hydrogen-bond donors (Lipinski definition) is 2. The maximum atomic E-state index is 13.0. The van der Waals surface area contributed by atoms with E-state index in [1.165, 1.54) is 0 Å². The molecule has 8 heteroatoms. The van der Waals surface area contributed by atoms with Gasteiger partial charge >= 0.3 is 0 Å². The lowest BCUT2D eigenvalue weighted by Crippen LogP contribution is -2.36. The molecule has 6 nitrogen and oxygen atoms in total. The van der Waals surface area contributed by atoms with Gasteiger partial charge in [0, 0.05) is 11.1 Å². The molecule has 0 radical (unpaired) electrons. The van der Waals surface area contributed by atoms with Gasteiger partial charge < -0.3 is 9.67 Å². The number of halogens is 2. The molecule has 0 bridgehead atoms. The van der Waals surface area contributed by atoms with Gasteiger partial charge in [-0.1, -0.05) is 18.5 Å². The molecule has 0 saturated heterocycles. The molecule has 1 heterocycles. The van der Waals surface area contributed by atoms with E-state index in [4.69, 9.17) is 18.2 Å². The molecule has 1 saturated carbocycles. The van der Waals surface area contributed by atoms with Crippen molar-refractivity contribution in [3.63, 3.8) is 0 Å². The standard InChI is InChI=1S/C18H20ClFN4O2/c1-3-18(26,10-20)9-16(25)23-17-22-14-7-12(19)13(21-2)8-15(14)24(17)11-5-4-6-11/h7-8,11,26H,3-6,9-10H2,1H3,(H,22,23,25). The van der Waals surface area contributed by atoms with Crippen LogP contribution in [0.1, 0.15) is 45.1 Å². The third-order valence-electron chi connectivity index (χ3n) is 4.97. The number of rotatable bonds is 6. The largest absolute Gasteiger partial charge is 0.387 e. The normalized spacial score (nSPS) is 16.7. The van der Waals surface area contributed by atoms with Gasteiger partial charge in [-0.2, -0.15) is 0 Å². The Labute approximate surface area is 155 Å². The monoisotopic (exact) mass is 378 g/mol. The van der Waals surface area contributed by atoms with Crippen molar-refractivity contribution in [3.05, 3.63) is 28.6 Å². The summed E-state index contributed by atoms with van der Waals surface area (Å²) >= 11 is 6.10. The molecule has 3 rings (SSSR count). The lowest BCUT2D eigenvalue weighted by molar-refractivity contribution is -0.122. The number of carbonyl (C=O) groups is 1. The highest BCUT2D eigenvalue weighted by Gasteiger charge is 2.30. The van der Waals surface area contributed by atoms with Crippen molar-refractivity contribution >= 4 is 40.2 Å². The number of fused-ring (bicyclic) bond motifs is 1. The predicted octanol–water partition coefficient (Wildman–Crippen LogP) is 4.40. The van der Waals surface area contributed by atoms with E-state index in [2.05, 4.69) is 15.1 Å². The summed E-state index contributed by atoms with van der Waals surface area (Å²) in [5, 5.41) is 13.0. The summed E-state index contributed by atoms with van der Waals surface area (Å²) in [4.78, 5) is 20.2. The van der Waals surface area contributed by atoms with Gasteiger partial charge in [0.2, 0.25) is 17.5 Å². The van der Waals surface area contributed by atoms with Crippen LogP contribution in [0.5, 0.6) is 0 Å². The highest BCUT2D eigenvalue weighted by Crippen LogP contribution is 2.39. The molecule has 2 aromatic rings. The number of hydrogen-bond acceptors (Lipinski definition) is 3. The Morgan fingerprint density at radius 1 is 1.58 bits per heavy atom. The molecule has 1 aliphatic carbocycles. The minimum Gasteiger partial charge on any atom is -0.387 e. The molecule has 0 aliphatic heterocycles. The fraction of sp³-hybridized carbons (Fsp3) is 0.500. The van der Waals surface area contributed by atoms with Crippen molar-refractivity contribution in [2.75, 3.05) is 12.0 Å². The van der Waals surface area contributed by atoms with Gasteiger partial charge in [-0.25, -0.2) is 14.2 Å². The van der Waals surface area contributed by atoms with Crippen molar-refractivity contribution < 1.29 is 14.3 Å². The summed E-state index contributed by atoms with van der Waals surface area (Å²) in [5.74, 6) is -0.162. The van der Waals surface area contributed by atoms with Gasteiger partial charge in [0.15, 0.2) is 0 Å². The molecular formula is C18H20ClFN4O2. The number of nitrogens with one attached hydrogen (secondary N) is 1. The second-order valence-electron chi connectivity index (χ2n) is 6.73. The molecule has 1 amide bonds. The predicted molar refractivity (Wildman–Crippen MR) is 98.4 cm³/mol. The minimum atomic E-state index is -1.67. The van der Waals surface area contributed by atoms with E-state index in [-0.39, 0.29) is 18.9 Å². The third-order valence-corrected chi connectivity index (χ3v) is 5.27. The molecular weight excluding hydrogens is 359 g/mol. The average molecular weight is 379 g/mol. The molecule has 1 aromatic heterocycles. The lowest BCUT2D eigenvalue weighted by atomic mass is 9.92. The topological polar surface area (TPSA) is 71.5 Å². The van der Waals surface area contributed by atoms with Crippen LogP contribution in [0.25, 0.3) is 15.9 Å². The van der Waals surface area contributed by atoms with E-state index >= 15 is 0 Å². The first-order valence-electron chi connectivity index (χ1n) is 8.58. The van der Waals surface area contributed by atoms with E-state index in [1.807, 2.05) is 4.57 Å². The molecule has 2 N–H and O–H groups in total. The van der Waals surface area contributed by atoms with Crippen molar-refractivity contribution in [3.8, 4) is 0 Å². The fourth-order valence-corrected chi connectivity index (χ4v) is 3.23. The third kappa shape index (κ3) is 3.39. The second kappa shape index (κ2) is 7.22. The van der Waals surface area contributed by atoms with Crippen LogP contribution in [-0.2, 0) is 4.79 Å². The first-order valence-corrected chi connectivity index (χ1v) is 8.95. The highest BCUT2D eigenvalue weighted by molar-refractivity contribution is 6.34. The number of carbonyl (C=O) groups excluding carboxylic acids is 1. The number of aromatic nitrogens is 2. The van der Waals surface area contributed by atoms with Gasteiger partial charge in [-0.15, -0.1) is 0 Å². The minimum absolute atomic E-state index is 0.139. The smallest absolute Gasteiger partial charge is 0.229 e. The van der Waals surface area contributed by atoms with Crippen LogP contribution in [-0.4, -0.2) is 32.8 Å². The van der Waals surface area contributed by atoms with Crippen LogP contribution >= 0.6 is 11.6 Å². The molecule has 0 spiro atoms. The van der Waals surface area contributed by atoms with E-state index < -0.39 is 18.2 Å². The Morgan fingerprint density at radius 2 is 2.31 bits per heavy atom. The van der Waals surface area contributed by atoms with Crippen LogP contribution in [0.2, 0.25) is 5.02 Å². The molecule has 1 atom stereocenters. The Morgan fingerprint density at radius 3 is 2.85 bits per heavy atom. The van der Waals surface area contributed by atoms with E-state index in [0.717, 1.165) is 24.8 Å². The van der Waals surface area contributed by atoms with Gasteiger partial charge in [-0.05, 0) is 37.8 Å². The Kier molecular flexibility index (Phi) is 5.17. The van der Waals surface area contributed by atoms with Crippen LogP contribution in [0, 0.1) is 6.57 Å². The number of nitrogens with zero attached hydrogens (tertiary/aromatic N) is 3. The van der Waals surface area contributed by atoms with Gasteiger partial charge in [0.25, 0.3) is 0 Å². The summed E-state index contributed by atoms with van der Waals surface area (Å²) in [6, 6.07) is 3.47. The zero-order chi connectivity index (χ0) is 18.9. The van der Waals surface area contributed by atoms with Crippen molar-refractivity contribution in [2.45, 2.75) is 50.7 Å². The van der Waals surface area contributed by atoms with E-state index in [1.54, 1.807) is 19.1 Å². The maximum absolute atomic E-state index is 13.0. The maximum Gasteiger partial charge on any atom is 0.229 e. The van der Waals surface area contributed by atoms with Gasteiger partial charge in [0.1, 0.15) is 12.3 Å². The zero-order valence-electron chi connectivity index (χ0n) is 14.4. The zero-order valence-corrected chi connectivity index (χ0v) is 15.2. The number of alkyl halides is 1. The summed E-state index contributed by atoms with van der Waals surface area (Å²) in [6.45, 7) is 7.88. The van der Waals surface area contributed by atoms with Crippen molar-refractivity contribution in [2.24, 2.45) is 0 Å². The van der Waals surface area contributed by atoms with Crippen LogP contribution < -0.4 is 5.32 Å². The van der Waals surface area contributed by atoms with Gasteiger partial charge in [-0.3, -0.25) is 10.1 Å². The summed E-state index contributed by atoms with van der Waals surface area (Å²) in [5.41, 5.74) is -0.0226. The van der Waals surface area contributed by atoms with Crippen molar-refractivity contribution in [1.29, 1.82) is 0 Å². The number of anilines is 1. The SMILES string of the molecule is [C-]#[N+]c1cc2c(cc1Cl)nc(NC(=O)CC(O)(CC)CF)n2C1CCC1. The lowest BCUT2D eigenvalue weighted by Gasteiger charge is -2.29. The summed E-state index contributed by atoms with van der Waals surface area (Å²) in [7, 11) is 0. The average Bonchev–Trinajstić information content (AvgIpc) is 2.89. The first kappa shape index (κ1) is 18.6. The molecule has 1 fully saturated rings. The van der Waals surface area contributed by atoms with Crippen LogP contribution in [0.15, 0.2) is 12.1 Å². The molecule has 1 unspecified atom stereocenters. The van der Waals surface area contributed by atoms with Crippen LogP contribution in [0.4, 0.5) is 16.0 Å². The second-order valence-corrected chi connectivity index (χ2v) is 7.14. The van der Waals surface area contributed by atoms with E-state index in [0.29, 0.717) is 22.2 Å². The van der Waals surface area contributed by atoms with Crippen LogP contribution in [0.3, 0.4) is 0 Å². The molecule has 1 aliphatic rings. The van der Waals surface area contributed by atoms with Gasteiger partial charge in [0.05, 0.1) is 24.0 Å². The number of aliphatic hydroxyl groups is 1. The quantitative estimate of drug-likeness (QED) is 0.731. The molecule has 138 valence electrons. The number of imidazole rings is 1. The Balaban J connectivity index is 1.97.